The first kappa shape index (κ1) is 12.7. The second-order valence-corrected chi connectivity index (χ2v) is 5.56. The van der Waals surface area contributed by atoms with Crippen molar-refractivity contribution < 1.29 is 4.74 Å². The van der Waals surface area contributed by atoms with Crippen molar-refractivity contribution in [3.8, 4) is 0 Å². The number of benzene rings is 1. The number of fused-ring (bicyclic) bond motifs is 1. The van der Waals surface area contributed by atoms with Gasteiger partial charge in [-0.2, -0.15) is 0 Å². The second kappa shape index (κ2) is 5.34. The lowest BCUT2D eigenvalue weighted by molar-refractivity contribution is 0.00564. The first-order valence-electron chi connectivity index (χ1n) is 7.38. The molecule has 3 rings (SSSR count). The van der Waals surface area contributed by atoms with Gasteiger partial charge in [0, 0.05) is 0 Å². The van der Waals surface area contributed by atoms with Crippen LogP contribution in [0.3, 0.4) is 0 Å². The third-order valence-corrected chi connectivity index (χ3v) is 4.46. The molecule has 0 radical (unpaired) electrons. The fourth-order valence-electron chi connectivity index (χ4n) is 3.43. The molecule has 0 aromatic heterocycles. The highest BCUT2D eigenvalue weighted by Crippen LogP contribution is 2.43. The van der Waals surface area contributed by atoms with Gasteiger partial charge in [-0.1, -0.05) is 42.8 Å². The van der Waals surface area contributed by atoms with E-state index >= 15 is 0 Å². The van der Waals surface area contributed by atoms with Gasteiger partial charge in [0.25, 0.3) is 0 Å². The van der Waals surface area contributed by atoms with Crippen LogP contribution in [-0.4, -0.2) is 6.10 Å². The molecule has 0 unspecified atom stereocenters. The molecule has 1 aliphatic heterocycles. The third-order valence-electron chi connectivity index (χ3n) is 4.46. The van der Waals surface area contributed by atoms with Crippen molar-refractivity contribution in [1.29, 1.82) is 0 Å². The number of allylic oxidation sites excluding steroid dienone is 1. The van der Waals surface area contributed by atoms with Gasteiger partial charge in [-0.25, -0.2) is 0 Å². The Morgan fingerprint density at radius 1 is 1.16 bits per heavy atom. The largest absolute Gasteiger partial charge is 0.361 e. The highest BCUT2D eigenvalue weighted by Gasteiger charge is 2.33. The molecule has 1 aromatic rings. The Bertz CT molecular complexity index is 510. The second-order valence-electron chi connectivity index (χ2n) is 5.56. The lowest BCUT2D eigenvalue weighted by Gasteiger charge is -2.38. The molecular formula is C18H22O. The molecule has 0 N–H and O–H groups in total. The van der Waals surface area contributed by atoms with Gasteiger partial charge in [-0.15, -0.1) is 0 Å². The molecule has 1 heteroatoms. The SMILES string of the molecule is C/C=C1\C(C)=C2CCCC[C@H]2O[C@H]1c1ccccc1. The summed E-state index contributed by atoms with van der Waals surface area (Å²) in [6.07, 6.45) is 7.72. The first-order valence-corrected chi connectivity index (χ1v) is 7.38. The summed E-state index contributed by atoms with van der Waals surface area (Å²) in [4.78, 5) is 0. The van der Waals surface area contributed by atoms with Crippen LogP contribution >= 0.6 is 0 Å². The van der Waals surface area contributed by atoms with Crippen LogP contribution in [0.4, 0.5) is 0 Å². The maximum atomic E-state index is 6.42. The van der Waals surface area contributed by atoms with Crippen LogP contribution in [-0.2, 0) is 4.74 Å². The van der Waals surface area contributed by atoms with Crippen molar-refractivity contribution in [1.82, 2.24) is 0 Å². The molecule has 1 heterocycles. The van der Waals surface area contributed by atoms with Gasteiger partial charge in [0.05, 0.1) is 6.10 Å². The van der Waals surface area contributed by atoms with Crippen LogP contribution in [0.1, 0.15) is 51.2 Å². The Labute approximate surface area is 116 Å². The van der Waals surface area contributed by atoms with E-state index in [1.807, 2.05) is 0 Å². The van der Waals surface area contributed by atoms with E-state index in [0.717, 1.165) is 0 Å². The van der Waals surface area contributed by atoms with E-state index in [1.165, 1.54) is 42.4 Å². The van der Waals surface area contributed by atoms with E-state index in [4.69, 9.17) is 4.74 Å². The van der Waals surface area contributed by atoms with E-state index in [0.29, 0.717) is 6.10 Å². The minimum absolute atomic E-state index is 0.123. The minimum Gasteiger partial charge on any atom is -0.361 e. The van der Waals surface area contributed by atoms with Gasteiger partial charge in [-0.05, 0) is 55.4 Å². The number of hydrogen-bond acceptors (Lipinski definition) is 1. The molecule has 100 valence electrons. The van der Waals surface area contributed by atoms with Gasteiger partial charge in [0.2, 0.25) is 0 Å². The number of hydrogen-bond donors (Lipinski definition) is 0. The lowest BCUT2D eigenvalue weighted by atomic mass is 9.81. The number of rotatable bonds is 1. The molecule has 0 saturated heterocycles. The summed E-state index contributed by atoms with van der Waals surface area (Å²) in [5.74, 6) is 0. The van der Waals surface area contributed by atoms with Gasteiger partial charge in [0.15, 0.2) is 0 Å². The fraction of sp³-hybridized carbons (Fsp3) is 0.444. The van der Waals surface area contributed by atoms with Crippen LogP contribution in [0.2, 0.25) is 0 Å². The predicted octanol–water partition coefficient (Wildman–Crippen LogP) is 4.96. The summed E-state index contributed by atoms with van der Waals surface area (Å²) in [5.41, 5.74) is 5.66. The van der Waals surface area contributed by atoms with Crippen LogP contribution < -0.4 is 0 Å². The first-order chi connectivity index (χ1) is 9.31. The predicted molar refractivity (Wildman–Crippen MR) is 79.0 cm³/mol. The summed E-state index contributed by atoms with van der Waals surface area (Å²) in [6, 6.07) is 10.6. The molecule has 1 saturated carbocycles. The molecule has 2 aliphatic rings. The molecule has 0 bridgehead atoms. The maximum Gasteiger partial charge on any atom is 0.108 e. The topological polar surface area (TPSA) is 9.23 Å². The normalized spacial score (nSPS) is 29.5. The van der Waals surface area contributed by atoms with Crippen LogP contribution in [0.25, 0.3) is 0 Å². The summed E-state index contributed by atoms with van der Waals surface area (Å²) in [5, 5.41) is 0. The maximum absolute atomic E-state index is 6.42. The Hall–Kier alpha value is -1.34. The Morgan fingerprint density at radius 3 is 2.68 bits per heavy atom. The van der Waals surface area contributed by atoms with Crippen LogP contribution in [0.5, 0.6) is 0 Å². The third kappa shape index (κ3) is 2.28. The van der Waals surface area contributed by atoms with Crippen molar-refractivity contribution >= 4 is 0 Å². The van der Waals surface area contributed by atoms with Crippen LogP contribution in [0.15, 0.2) is 53.1 Å². The average Bonchev–Trinajstić information content (AvgIpc) is 2.48. The molecule has 1 nitrogen and oxygen atoms in total. The highest BCUT2D eigenvalue weighted by atomic mass is 16.5. The van der Waals surface area contributed by atoms with E-state index in [1.54, 1.807) is 5.57 Å². The summed E-state index contributed by atoms with van der Waals surface area (Å²) in [7, 11) is 0. The van der Waals surface area contributed by atoms with Gasteiger partial charge < -0.3 is 4.74 Å². The van der Waals surface area contributed by atoms with Gasteiger partial charge in [-0.3, -0.25) is 0 Å². The Morgan fingerprint density at radius 2 is 1.95 bits per heavy atom. The fourth-order valence-corrected chi connectivity index (χ4v) is 3.43. The monoisotopic (exact) mass is 254 g/mol. The standard InChI is InChI=1S/C18H22O/c1-3-15-13(2)16-11-7-8-12-17(16)19-18(15)14-9-5-4-6-10-14/h3-6,9-10,17-18H,7-8,11-12H2,1-2H3/b15-3+/t17-,18+/m1/s1. The van der Waals surface area contributed by atoms with Crippen molar-refractivity contribution in [2.24, 2.45) is 0 Å². The molecule has 19 heavy (non-hydrogen) atoms. The van der Waals surface area contributed by atoms with Crippen molar-refractivity contribution in [3.63, 3.8) is 0 Å². The minimum atomic E-state index is 0.123. The lowest BCUT2D eigenvalue weighted by Crippen LogP contribution is -2.29. The molecular weight excluding hydrogens is 232 g/mol. The molecule has 2 atom stereocenters. The zero-order valence-electron chi connectivity index (χ0n) is 11.9. The van der Waals surface area contributed by atoms with E-state index in [-0.39, 0.29) is 6.10 Å². The van der Waals surface area contributed by atoms with Gasteiger partial charge in [0.1, 0.15) is 6.10 Å². The molecule has 0 amide bonds. The summed E-state index contributed by atoms with van der Waals surface area (Å²) >= 11 is 0. The van der Waals surface area contributed by atoms with E-state index in [9.17, 15) is 0 Å². The van der Waals surface area contributed by atoms with Crippen molar-refractivity contribution in [3.05, 3.63) is 58.7 Å². The Balaban J connectivity index is 2.01. The van der Waals surface area contributed by atoms with Gasteiger partial charge >= 0.3 is 0 Å². The Kier molecular flexibility index (Phi) is 3.56. The number of ether oxygens (including phenoxy) is 1. The zero-order chi connectivity index (χ0) is 13.2. The molecule has 1 fully saturated rings. The summed E-state index contributed by atoms with van der Waals surface area (Å²) in [6.45, 7) is 4.41. The van der Waals surface area contributed by atoms with E-state index in [2.05, 4.69) is 50.3 Å². The highest BCUT2D eigenvalue weighted by molar-refractivity contribution is 5.44. The molecule has 1 aliphatic carbocycles. The quantitative estimate of drug-likeness (QED) is 0.688. The van der Waals surface area contributed by atoms with E-state index < -0.39 is 0 Å². The molecule has 1 aromatic carbocycles. The molecule has 0 spiro atoms. The zero-order valence-corrected chi connectivity index (χ0v) is 11.9. The van der Waals surface area contributed by atoms with Crippen LogP contribution in [0, 0.1) is 0 Å². The van der Waals surface area contributed by atoms with Crippen molar-refractivity contribution in [2.75, 3.05) is 0 Å². The average molecular weight is 254 g/mol. The smallest absolute Gasteiger partial charge is 0.108 e. The summed E-state index contributed by atoms with van der Waals surface area (Å²) < 4.78 is 6.42. The van der Waals surface area contributed by atoms with Crippen molar-refractivity contribution in [2.45, 2.75) is 51.7 Å².